The van der Waals surface area contributed by atoms with Crippen LogP contribution >= 0.6 is 0 Å². The second kappa shape index (κ2) is 7.26. The Morgan fingerprint density at radius 1 is 1.20 bits per heavy atom. The summed E-state index contributed by atoms with van der Waals surface area (Å²) in [6, 6.07) is 5.58. The lowest BCUT2D eigenvalue weighted by atomic mass is 9.80. The number of anilines is 1. The molecule has 1 fully saturated rings. The lowest BCUT2D eigenvalue weighted by Crippen LogP contribution is -2.40. The van der Waals surface area contributed by atoms with E-state index in [1.165, 1.54) is 0 Å². The number of carbonyl (C=O) groups excluding carboxylic acids is 1. The average Bonchev–Trinajstić information content (AvgIpc) is 2.82. The van der Waals surface area contributed by atoms with Gasteiger partial charge in [-0.2, -0.15) is 13.2 Å². The van der Waals surface area contributed by atoms with Crippen LogP contribution in [0.25, 0.3) is 0 Å². The van der Waals surface area contributed by atoms with Crippen LogP contribution in [-0.4, -0.2) is 25.7 Å². The summed E-state index contributed by atoms with van der Waals surface area (Å²) in [5.74, 6) is -1.32. The van der Waals surface area contributed by atoms with Gasteiger partial charge in [0.1, 0.15) is 5.75 Å². The molecule has 2 unspecified atom stereocenters. The molecule has 2 atom stereocenters. The van der Waals surface area contributed by atoms with E-state index in [1.54, 1.807) is 12.0 Å². The number of amides is 1. The maximum Gasteiger partial charge on any atom is 0.391 e. The zero-order chi connectivity index (χ0) is 18.0. The lowest BCUT2D eigenvalue weighted by Gasteiger charge is -2.33. The van der Waals surface area contributed by atoms with Gasteiger partial charge in [0.2, 0.25) is 5.91 Å². The fraction of sp³-hybridized carbons (Fsp3) is 0.632. The molecule has 1 amide bonds. The fourth-order valence-corrected chi connectivity index (χ4v) is 4.10. The third kappa shape index (κ3) is 3.77. The smallest absolute Gasteiger partial charge is 0.391 e. The molecule has 1 aromatic carbocycles. The van der Waals surface area contributed by atoms with Gasteiger partial charge in [-0.15, -0.1) is 0 Å². The first-order valence-electron chi connectivity index (χ1n) is 8.95. The molecule has 138 valence electrons. The summed E-state index contributed by atoms with van der Waals surface area (Å²) in [5, 5.41) is 0. The van der Waals surface area contributed by atoms with Crippen LogP contribution in [0, 0.1) is 11.8 Å². The van der Waals surface area contributed by atoms with Crippen LogP contribution in [0.1, 0.15) is 44.1 Å². The van der Waals surface area contributed by atoms with E-state index in [9.17, 15) is 18.0 Å². The van der Waals surface area contributed by atoms with Gasteiger partial charge in [0, 0.05) is 18.0 Å². The van der Waals surface area contributed by atoms with Crippen LogP contribution in [0.4, 0.5) is 18.9 Å². The van der Waals surface area contributed by atoms with Crippen molar-refractivity contribution in [2.75, 3.05) is 18.6 Å². The molecule has 1 saturated carbocycles. The fourth-order valence-electron chi connectivity index (χ4n) is 4.10. The van der Waals surface area contributed by atoms with Gasteiger partial charge >= 0.3 is 6.18 Å². The number of hydrogen-bond donors (Lipinski definition) is 0. The summed E-state index contributed by atoms with van der Waals surface area (Å²) in [4.78, 5) is 14.8. The largest absolute Gasteiger partial charge is 0.496 e. The Bertz CT molecular complexity index is 630. The molecule has 3 rings (SSSR count). The van der Waals surface area contributed by atoms with Gasteiger partial charge in [-0.05, 0) is 50.7 Å². The zero-order valence-electron chi connectivity index (χ0n) is 14.4. The van der Waals surface area contributed by atoms with Crippen LogP contribution in [0.3, 0.4) is 0 Å². The summed E-state index contributed by atoms with van der Waals surface area (Å²) >= 11 is 0. The first kappa shape index (κ1) is 18.1. The van der Waals surface area contributed by atoms with Crippen molar-refractivity contribution in [3.05, 3.63) is 23.8 Å². The second-order valence-electron chi connectivity index (χ2n) is 7.01. The summed E-state index contributed by atoms with van der Waals surface area (Å²) in [6.07, 6.45) is -0.555. The molecule has 0 bridgehead atoms. The van der Waals surface area contributed by atoms with Crippen molar-refractivity contribution in [3.63, 3.8) is 0 Å². The molecular formula is C19H24F3NO2. The third-order valence-corrected chi connectivity index (χ3v) is 5.43. The predicted molar refractivity (Wildman–Crippen MR) is 89.8 cm³/mol. The lowest BCUT2D eigenvalue weighted by molar-refractivity contribution is -0.186. The van der Waals surface area contributed by atoms with E-state index in [1.807, 2.05) is 18.2 Å². The molecule has 1 heterocycles. The molecule has 1 aliphatic heterocycles. The highest BCUT2D eigenvalue weighted by atomic mass is 19.4. The van der Waals surface area contributed by atoms with E-state index < -0.39 is 18.0 Å². The number of nitrogens with zero attached hydrogens (tertiary/aromatic N) is 1. The van der Waals surface area contributed by atoms with Crippen LogP contribution in [0.5, 0.6) is 5.75 Å². The first-order chi connectivity index (χ1) is 11.9. The number of ether oxygens (including phenoxy) is 1. The maximum absolute atomic E-state index is 13.1. The van der Waals surface area contributed by atoms with Gasteiger partial charge < -0.3 is 9.64 Å². The molecule has 0 spiro atoms. The molecule has 1 aliphatic carbocycles. The van der Waals surface area contributed by atoms with Gasteiger partial charge in [-0.25, -0.2) is 0 Å². The second-order valence-corrected chi connectivity index (χ2v) is 7.01. The van der Waals surface area contributed by atoms with E-state index in [2.05, 4.69) is 0 Å². The van der Waals surface area contributed by atoms with Crippen molar-refractivity contribution in [1.82, 2.24) is 0 Å². The molecule has 25 heavy (non-hydrogen) atoms. The summed E-state index contributed by atoms with van der Waals surface area (Å²) in [7, 11) is 1.60. The van der Waals surface area contributed by atoms with E-state index in [-0.39, 0.29) is 18.7 Å². The standard InChI is InChI=1S/C19H24F3NO2/c1-25-17-10-5-9-16-15(17)8-2-3-11-23(16)18(24)13-6-4-7-14(12-13)19(20,21)22/h5,9-10,13-14H,2-4,6-8,11-12H2,1H3. The van der Waals surface area contributed by atoms with E-state index in [0.717, 1.165) is 36.3 Å². The SMILES string of the molecule is COc1cccc2c1CCCCN2C(=O)C1CCCC(C(F)(F)F)C1. The maximum atomic E-state index is 13.1. The normalized spacial score (nSPS) is 24.4. The Labute approximate surface area is 146 Å². The quantitative estimate of drug-likeness (QED) is 0.767. The molecule has 6 heteroatoms. The van der Waals surface area contributed by atoms with Crippen molar-refractivity contribution in [3.8, 4) is 5.75 Å². The van der Waals surface area contributed by atoms with Gasteiger partial charge in [-0.3, -0.25) is 4.79 Å². The number of rotatable bonds is 2. The van der Waals surface area contributed by atoms with Gasteiger partial charge in [-0.1, -0.05) is 12.5 Å². The average molecular weight is 355 g/mol. The number of methoxy groups -OCH3 is 1. The number of fused-ring (bicyclic) bond motifs is 1. The minimum absolute atomic E-state index is 0.0852. The van der Waals surface area contributed by atoms with Crippen LogP contribution in [0.15, 0.2) is 18.2 Å². The highest BCUT2D eigenvalue weighted by Crippen LogP contribution is 2.42. The molecule has 0 radical (unpaired) electrons. The minimum Gasteiger partial charge on any atom is -0.496 e. The van der Waals surface area contributed by atoms with Crippen LogP contribution in [-0.2, 0) is 11.2 Å². The first-order valence-corrected chi connectivity index (χ1v) is 8.95. The van der Waals surface area contributed by atoms with Gasteiger partial charge in [0.25, 0.3) is 0 Å². The number of alkyl halides is 3. The van der Waals surface area contributed by atoms with Gasteiger partial charge in [0.15, 0.2) is 0 Å². The number of hydrogen-bond acceptors (Lipinski definition) is 2. The third-order valence-electron chi connectivity index (χ3n) is 5.43. The predicted octanol–water partition coefficient (Wildman–Crippen LogP) is 4.73. The Morgan fingerprint density at radius 3 is 2.72 bits per heavy atom. The Morgan fingerprint density at radius 2 is 2.00 bits per heavy atom. The van der Waals surface area contributed by atoms with Crippen LogP contribution < -0.4 is 9.64 Å². The number of benzene rings is 1. The molecule has 3 nitrogen and oxygen atoms in total. The van der Waals surface area contributed by atoms with Crippen molar-refractivity contribution in [2.45, 2.75) is 51.1 Å². The topological polar surface area (TPSA) is 29.5 Å². The number of carbonyl (C=O) groups is 1. The highest BCUT2D eigenvalue weighted by Gasteiger charge is 2.44. The summed E-state index contributed by atoms with van der Waals surface area (Å²) < 4.78 is 44.7. The Balaban J connectivity index is 1.85. The van der Waals surface area contributed by atoms with E-state index in [4.69, 9.17) is 4.74 Å². The van der Waals surface area contributed by atoms with E-state index >= 15 is 0 Å². The molecule has 2 aliphatic rings. The number of halogens is 3. The monoisotopic (exact) mass is 355 g/mol. The Hall–Kier alpha value is -1.72. The summed E-state index contributed by atoms with van der Waals surface area (Å²) in [5.41, 5.74) is 1.79. The molecule has 1 aromatic rings. The molecule has 0 saturated heterocycles. The Kier molecular flexibility index (Phi) is 5.25. The van der Waals surface area contributed by atoms with E-state index in [0.29, 0.717) is 19.4 Å². The highest BCUT2D eigenvalue weighted by molar-refractivity contribution is 5.96. The van der Waals surface area contributed by atoms with Gasteiger partial charge in [0.05, 0.1) is 18.7 Å². The summed E-state index contributed by atoms with van der Waals surface area (Å²) in [6.45, 7) is 0.562. The molecule has 0 N–H and O–H groups in total. The zero-order valence-corrected chi connectivity index (χ0v) is 14.4. The van der Waals surface area contributed by atoms with Crippen molar-refractivity contribution in [1.29, 1.82) is 0 Å². The minimum atomic E-state index is -4.21. The molecular weight excluding hydrogens is 331 g/mol. The van der Waals surface area contributed by atoms with Crippen molar-refractivity contribution >= 4 is 11.6 Å². The van der Waals surface area contributed by atoms with Crippen molar-refractivity contribution in [2.24, 2.45) is 11.8 Å². The van der Waals surface area contributed by atoms with Crippen LogP contribution in [0.2, 0.25) is 0 Å². The van der Waals surface area contributed by atoms with Crippen molar-refractivity contribution < 1.29 is 22.7 Å². The molecule has 0 aromatic heterocycles.